The number of nitrogens with zero attached hydrogens (tertiary/aromatic N) is 2. The molecule has 13 nitrogen and oxygen atoms in total. The van der Waals surface area contributed by atoms with E-state index in [-0.39, 0.29) is 64.2 Å². The van der Waals surface area contributed by atoms with Crippen LogP contribution in [0, 0.1) is 0 Å². The van der Waals surface area contributed by atoms with Crippen molar-refractivity contribution in [2.75, 3.05) is 5.75 Å². The SMILES string of the molecule is NC(=O)c1cc[n+](CC2=C(C(=O)[O-])N3C(=O)[C@@H](NC(=O)[C@@H](c4ccccc4)S(=O)(=O)[O-])[C@H]3SC2)cc1.O.[Na+]. The third-order valence-corrected chi connectivity index (χ3v) is 8.12. The number of aromatic nitrogens is 1. The van der Waals surface area contributed by atoms with E-state index in [0.717, 1.165) is 16.7 Å². The van der Waals surface area contributed by atoms with E-state index in [9.17, 15) is 37.3 Å². The monoisotopic (exact) mass is 572 g/mol. The van der Waals surface area contributed by atoms with Gasteiger partial charge in [0.05, 0.1) is 17.2 Å². The fourth-order valence-electron chi connectivity index (χ4n) is 4.05. The Hall–Kier alpha value is -2.79. The molecule has 38 heavy (non-hydrogen) atoms. The number of amides is 3. The van der Waals surface area contributed by atoms with E-state index in [1.54, 1.807) is 10.6 Å². The van der Waals surface area contributed by atoms with E-state index >= 15 is 0 Å². The molecule has 4 rings (SSSR count). The molecule has 0 radical (unpaired) electrons. The number of carboxylic acids is 1. The third kappa shape index (κ3) is 6.26. The van der Waals surface area contributed by atoms with Gasteiger partial charge in [-0.2, -0.15) is 0 Å². The number of β-lactam (4-membered cyclic amide) rings is 1. The Bertz CT molecular complexity index is 1390. The van der Waals surface area contributed by atoms with Crippen LogP contribution in [-0.4, -0.2) is 64.2 Å². The number of hydrogen-bond acceptors (Lipinski definition) is 9. The van der Waals surface area contributed by atoms with Gasteiger partial charge in [-0.05, 0) is 5.56 Å². The number of carbonyl (C=O) groups excluding carboxylic acids is 4. The molecule has 196 valence electrons. The van der Waals surface area contributed by atoms with Gasteiger partial charge in [0.2, 0.25) is 11.8 Å². The van der Waals surface area contributed by atoms with Crippen molar-refractivity contribution in [3.8, 4) is 0 Å². The van der Waals surface area contributed by atoms with Gasteiger partial charge in [-0.15, -0.1) is 11.8 Å². The molecule has 1 aromatic heterocycles. The van der Waals surface area contributed by atoms with Crippen molar-refractivity contribution >= 4 is 45.6 Å². The molecule has 1 fully saturated rings. The summed E-state index contributed by atoms with van der Waals surface area (Å²) in [4.78, 5) is 49.8. The normalized spacial score (nSPS) is 19.2. The second-order valence-corrected chi connectivity index (χ2v) is 10.6. The minimum atomic E-state index is -5.11. The molecule has 0 aliphatic carbocycles. The molecule has 2 aliphatic rings. The second kappa shape index (κ2) is 12.4. The van der Waals surface area contributed by atoms with Crippen molar-refractivity contribution in [1.29, 1.82) is 0 Å². The summed E-state index contributed by atoms with van der Waals surface area (Å²) in [5, 5.41) is 11.3. The summed E-state index contributed by atoms with van der Waals surface area (Å²) in [6.45, 7) is 0.0768. The predicted molar refractivity (Wildman–Crippen MR) is 125 cm³/mol. The van der Waals surface area contributed by atoms with Gasteiger partial charge >= 0.3 is 29.6 Å². The molecular formula is C22H21N4NaO9S2. The van der Waals surface area contributed by atoms with E-state index in [2.05, 4.69) is 5.32 Å². The van der Waals surface area contributed by atoms with Gasteiger partial charge in [-0.25, -0.2) is 13.0 Å². The van der Waals surface area contributed by atoms with Crippen molar-refractivity contribution in [3.05, 3.63) is 77.3 Å². The van der Waals surface area contributed by atoms with Crippen molar-refractivity contribution < 1.29 is 76.9 Å². The first kappa shape index (κ1) is 31.4. The zero-order chi connectivity index (χ0) is 26.2. The Kier molecular flexibility index (Phi) is 10.2. The standard InChI is InChI=1S/C22H20N4O8S2.Na.H2O/c23-18(27)13-6-8-25(9-7-13)10-14-11-35-21-15(20(29)26(21)16(14)22(30)31)24-19(28)17(36(32,33)34)12-4-2-1-3-5-12;;/h1-9,15,17,21H,10-11H2,(H4-,23,24,27,28,30,31,32,33,34);;1H2/q;+1;/p-1/t15-,17-,21-;;/m1../s1. The average molecular weight is 573 g/mol. The van der Waals surface area contributed by atoms with Crippen LogP contribution >= 0.6 is 11.8 Å². The van der Waals surface area contributed by atoms with Crippen LogP contribution in [0.15, 0.2) is 66.1 Å². The van der Waals surface area contributed by atoms with Gasteiger partial charge < -0.3 is 31.0 Å². The van der Waals surface area contributed by atoms with Gasteiger partial charge in [-0.3, -0.25) is 19.3 Å². The van der Waals surface area contributed by atoms with Crippen molar-refractivity contribution in [3.63, 3.8) is 0 Å². The summed E-state index contributed by atoms with van der Waals surface area (Å²) < 4.78 is 37.0. The molecule has 0 bridgehead atoms. The first-order valence-corrected chi connectivity index (χ1v) is 13.0. The quantitative estimate of drug-likeness (QED) is 0.133. The number of primary amides is 1. The minimum absolute atomic E-state index is 0. The van der Waals surface area contributed by atoms with E-state index in [1.807, 2.05) is 0 Å². The molecule has 3 amide bonds. The van der Waals surface area contributed by atoms with Crippen LogP contribution in [0.4, 0.5) is 0 Å². The Morgan fingerprint density at radius 1 is 1.16 bits per heavy atom. The van der Waals surface area contributed by atoms with Crippen molar-refractivity contribution in [2.45, 2.75) is 23.2 Å². The van der Waals surface area contributed by atoms with E-state index in [1.165, 1.54) is 48.8 Å². The Balaban J connectivity index is 0.00000253. The molecule has 1 aromatic carbocycles. The molecule has 0 saturated carbocycles. The summed E-state index contributed by atoms with van der Waals surface area (Å²) in [5.74, 6) is -4.00. The maximum atomic E-state index is 12.9. The van der Waals surface area contributed by atoms with Crippen LogP contribution in [0.25, 0.3) is 0 Å². The number of fused-ring (bicyclic) bond motifs is 1. The minimum Gasteiger partial charge on any atom is -0.747 e. The molecule has 0 unspecified atom stereocenters. The number of carboxylic acid groups (broad SMARTS) is 1. The van der Waals surface area contributed by atoms with E-state index < -0.39 is 50.5 Å². The smallest absolute Gasteiger partial charge is 0.747 e. The van der Waals surface area contributed by atoms with Crippen LogP contribution in [0.3, 0.4) is 0 Å². The number of nitrogens with two attached hydrogens (primary N) is 1. The summed E-state index contributed by atoms with van der Waals surface area (Å²) in [6.07, 6.45) is 3.07. The summed E-state index contributed by atoms with van der Waals surface area (Å²) in [6, 6.07) is 8.83. The fraction of sp³-hybridized carbons (Fsp3) is 0.227. The maximum absolute atomic E-state index is 12.9. The average Bonchev–Trinajstić information content (AvgIpc) is 2.82. The van der Waals surface area contributed by atoms with Crippen molar-refractivity contribution in [2.24, 2.45) is 5.73 Å². The molecule has 1 saturated heterocycles. The Labute approximate surface area is 243 Å². The molecule has 0 spiro atoms. The number of nitrogens with one attached hydrogen (secondary N) is 1. The molecule has 2 aliphatic heterocycles. The second-order valence-electron chi connectivity index (χ2n) is 8.04. The predicted octanol–water partition coefficient (Wildman–Crippen LogP) is -6.06. The molecule has 2 aromatic rings. The topological polar surface area (TPSA) is 225 Å². The first-order chi connectivity index (χ1) is 17.0. The van der Waals surface area contributed by atoms with Crippen LogP contribution < -0.4 is 50.3 Å². The number of thioether (sulfide) groups is 1. The van der Waals surface area contributed by atoms with Gasteiger partial charge in [0.1, 0.15) is 21.5 Å². The Morgan fingerprint density at radius 3 is 2.29 bits per heavy atom. The number of pyridine rings is 1. The fourth-order valence-corrected chi connectivity index (χ4v) is 6.20. The zero-order valence-electron chi connectivity index (χ0n) is 19.9. The van der Waals surface area contributed by atoms with Gasteiger partial charge in [0.15, 0.2) is 24.2 Å². The van der Waals surface area contributed by atoms with E-state index in [4.69, 9.17) is 5.73 Å². The molecule has 3 atom stereocenters. The summed E-state index contributed by atoms with van der Waals surface area (Å²) >= 11 is 1.16. The van der Waals surface area contributed by atoms with Crippen LogP contribution in [-0.2, 0) is 31.0 Å². The summed E-state index contributed by atoms with van der Waals surface area (Å²) in [5.41, 5.74) is 5.44. The zero-order valence-corrected chi connectivity index (χ0v) is 23.5. The van der Waals surface area contributed by atoms with Gasteiger partial charge in [-0.1, -0.05) is 30.3 Å². The summed E-state index contributed by atoms with van der Waals surface area (Å²) in [7, 11) is -5.11. The van der Waals surface area contributed by atoms with Crippen LogP contribution in [0.5, 0.6) is 0 Å². The number of carbonyl (C=O) groups is 4. The number of rotatable bonds is 8. The van der Waals surface area contributed by atoms with E-state index in [0.29, 0.717) is 5.57 Å². The number of benzene rings is 1. The molecule has 3 heterocycles. The van der Waals surface area contributed by atoms with Gasteiger partial charge in [0.25, 0.3) is 5.91 Å². The number of aliphatic carboxylic acids is 1. The molecule has 16 heteroatoms. The largest absolute Gasteiger partial charge is 1.00 e. The maximum Gasteiger partial charge on any atom is 1.00 e. The van der Waals surface area contributed by atoms with Gasteiger partial charge in [0, 0.05) is 23.5 Å². The first-order valence-electron chi connectivity index (χ1n) is 10.5. The number of hydrogen-bond donors (Lipinski definition) is 2. The molecular weight excluding hydrogens is 551 g/mol. The Morgan fingerprint density at radius 2 is 1.76 bits per heavy atom. The van der Waals surface area contributed by atoms with Crippen LogP contribution in [0.1, 0.15) is 21.2 Å². The van der Waals surface area contributed by atoms with Crippen LogP contribution in [0.2, 0.25) is 0 Å². The third-order valence-electron chi connectivity index (χ3n) is 5.72. The van der Waals surface area contributed by atoms with Crippen molar-refractivity contribution in [1.82, 2.24) is 10.2 Å². The molecule has 5 N–H and O–H groups in total.